The standard InChI is InChI=1S/C38H42FN3O6S/c1-27-13-20-33(21-14-27)49(45,46)42(34-24-32(47-2)19-22-36(34)48-3)26-37(43)41(25-29-15-17-30(39)18-16-29)35(23-28-9-5-4-6-10-28)38(44)40-31-11-7-8-12-31/h4-6,9-10,13-22,24,31,35H,7-8,11-12,23,25-26H2,1-3H3,(H,40,44)/t35-/m1/s1. The molecule has 1 N–H and O–H groups in total. The Morgan fingerprint density at radius 2 is 1.55 bits per heavy atom. The van der Waals surface area contributed by atoms with Crippen molar-refractivity contribution in [2.45, 2.75) is 62.6 Å². The Kier molecular flexibility index (Phi) is 11.6. The topological polar surface area (TPSA) is 105 Å². The first-order chi connectivity index (χ1) is 23.6. The van der Waals surface area contributed by atoms with Crippen LogP contribution >= 0.6 is 0 Å². The monoisotopic (exact) mass is 687 g/mol. The van der Waals surface area contributed by atoms with Gasteiger partial charge in [0.25, 0.3) is 10.0 Å². The molecule has 0 heterocycles. The van der Waals surface area contributed by atoms with E-state index in [0.29, 0.717) is 11.3 Å². The van der Waals surface area contributed by atoms with E-state index in [1.807, 2.05) is 37.3 Å². The molecule has 9 nitrogen and oxygen atoms in total. The molecule has 1 fully saturated rings. The van der Waals surface area contributed by atoms with Crippen LogP contribution in [0.1, 0.15) is 42.4 Å². The Morgan fingerprint density at radius 1 is 0.878 bits per heavy atom. The number of ether oxygens (including phenoxy) is 2. The molecule has 0 spiro atoms. The lowest BCUT2D eigenvalue weighted by molar-refractivity contribution is -0.140. The fourth-order valence-corrected chi connectivity index (χ4v) is 7.47. The highest BCUT2D eigenvalue weighted by Gasteiger charge is 2.36. The molecule has 0 unspecified atom stereocenters. The molecular weight excluding hydrogens is 645 g/mol. The number of nitrogens with zero attached hydrogens (tertiary/aromatic N) is 2. The van der Waals surface area contributed by atoms with Crippen molar-refractivity contribution in [3.63, 3.8) is 0 Å². The third kappa shape index (κ3) is 8.77. The Balaban J connectivity index is 1.61. The number of anilines is 1. The Hall–Kier alpha value is -4.90. The van der Waals surface area contributed by atoms with Crippen molar-refractivity contribution >= 4 is 27.5 Å². The third-order valence-electron chi connectivity index (χ3n) is 8.78. The Labute approximate surface area is 287 Å². The highest BCUT2D eigenvalue weighted by Crippen LogP contribution is 2.36. The summed E-state index contributed by atoms with van der Waals surface area (Å²) in [6.07, 6.45) is 3.86. The summed E-state index contributed by atoms with van der Waals surface area (Å²) in [7, 11) is -1.49. The zero-order valence-electron chi connectivity index (χ0n) is 28.0. The minimum atomic E-state index is -4.36. The van der Waals surface area contributed by atoms with E-state index < -0.39 is 34.3 Å². The number of rotatable bonds is 14. The fourth-order valence-electron chi connectivity index (χ4n) is 6.05. The van der Waals surface area contributed by atoms with Crippen LogP contribution in [0.15, 0.2) is 102 Å². The number of halogens is 1. The zero-order valence-corrected chi connectivity index (χ0v) is 28.8. The Bertz CT molecular complexity index is 1830. The van der Waals surface area contributed by atoms with Gasteiger partial charge in [-0.15, -0.1) is 0 Å². The van der Waals surface area contributed by atoms with Crippen LogP contribution in [0.5, 0.6) is 11.5 Å². The number of aryl methyl sites for hydroxylation is 1. The summed E-state index contributed by atoms with van der Waals surface area (Å²) in [5.41, 5.74) is 2.36. The van der Waals surface area contributed by atoms with E-state index in [-0.39, 0.29) is 41.2 Å². The molecular formula is C38H42FN3O6S. The van der Waals surface area contributed by atoms with Gasteiger partial charge in [-0.1, -0.05) is 73.0 Å². The number of nitrogens with one attached hydrogen (secondary N) is 1. The van der Waals surface area contributed by atoms with Crippen molar-refractivity contribution in [3.05, 3.63) is 120 Å². The van der Waals surface area contributed by atoms with Crippen LogP contribution in [0, 0.1) is 12.7 Å². The second kappa shape index (κ2) is 16.0. The van der Waals surface area contributed by atoms with Crippen LogP contribution in [0.2, 0.25) is 0 Å². The summed E-state index contributed by atoms with van der Waals surface area (Å²) in [5, 5.41) is 3.15. The summed E-state index contributed by atoms with van der Waals surface area (Å²) < 4.78 is 54.8. The number of sulfonamides is 1. The van der Waals surface area contributed by atoms with Crippen molar-refractivity contribution in [1.82, 2.24) is 10.2 Å². The van der Waals surface area contributed by atoms with Gasteiger partial charge < -0.3 is 19.7 Å². The third-order valence-corrected chi connectivity index (χ3v) is 10.6. The molecule has 1 atom stereocenters. The van der Waals surface area contributed by atoms with Crippen molar-refractivity contribution in [2.24, 2.45) is 0 Å². The van der Waals surface area contributed by atoms with E-state index >= 15 is 0 Å². The summed E-state index contributed by atoms with van der Waals surface area (Å²) >= 11 is 0. The molecule has 4 aromatic carbocycles. The normalized spacial score (nSPS) is 13.8. The number of hydrogen-bond acceptors (Lipinski definition) is 6. The molecule has 1 saturated carbocycles. The average Bonchev–Trinajstić information content (AvgIpc) is 3.62. The number of carbonyl (C=O) groups excluding carboxylic acids is 2. The average molecular weight is 688 g/mol. The van der Waals surface area contributed by atoms with Gasteiger partial charge >= 0.3 is 0 Å². The Morgan fingerprint density at radius 3 is 2.18 bits per heavy atom. The second-order valence-electron chi connectivity index (χ2n) is 12.2. The molecule has 0 radical (unpaired) electrons. The zero-order chi connectivity index (χ0) is 35.0. The molecule has 0 aliphatic heterocycles. The van der Waals surface area contributed by atoms with Crippen molar-refractivity contribution in [1.29, 1.82) is 0 Å². The first kappa shape index (κ1) is 35.4. The number of carbonyl (C=O) groups is 2. The lowest BCUT2D eigenvalue weighted by Crippen LogP contribution is -2.54. The highest BCUT2D eigenvalue weighted by atomic mass is 32.2. The predicted molar refractivity (Wildman–Crippen MR) is 187 cm³/mol. The number of benzene rings is 4. The lowest BCUT2D eigenvalue weighted by atomic mass is 10.0. The maximum atomic E-state index is 14.8. The van der Waals surface area contributed by atoms with Gasteiger partial charge in [0.05, 0.1) is 24.8 Å². The number of amides is 2. The van der Waals surface area contributed by atoms with Crippen LogP contribution in [0.4, 0.5) is 10.1 Å². The largest absolute Gasteiger partial charge is 0.497 e. The summed E-state index contributed by atoms with van der Waals surface area (Å²) in [6, 6.07) is 25.0. The smallest absolute Gasteiger partial charge is 0.264 e. The molecule has 5 rings (SSSR count). The van der Waals surface area contributed by atoms with Crippen LogP contribution in [0.3, 0.4) is 0 Å². The quantitative estimate of drug-likeness (QED) is 0.173. The van der Waals surface area contributed by atoms with Crippen LogP contribution in [-0.2, 0) is 32.6 Å². The number of methoxy groups -OCH3 is 2. The van der Waals surface area contributed by atoms with E-state index in [9.17, 15) is 22.4 Å². The van der Waals surface area contributed by atoms with Crippen LogP contribution in [-0.4, -0.2) is 58.0 Å². The summed E-state index contributed by atoms with van der Waals surface area (Å²) in [5.74, 6) is -0.852. The molecule has 1 aliphatic rings. The molecule has 0 saturated heterocycles. The highest BCUT2D eigenvalue weighted by molar-refractivity contribution is 7.92. The first-order valence-electron chi connectivity index (χ1n) is 16.3. The molecule has 0 bridgehead atoms. The van der Waals surface area contributed by atoms with Crippen LogP contribution in [0.25, 0.3) is 0 Å². The minimum absolute atomic E-state index is 0.0204. The molecule has 0 aromatic heterocycles. The van der Waals surface area contributed by atoms with Gasteiger partial charge in [-0.3, -0.25) is 13.9 Å². The van der Waals surface area contributed by atoms with Gasteiger partial charge in [0.1, 0.15) is 29.9 Å². The first-order valence-corrected chi connectivity index (χ1v) is 17.7. The molecule has 4 aromatic rings. The molecule has 1 aliphatic carbocycles. The molecule has 49 heavy (non-hydrogen) atoms. The van der Waals surface area contributed by atoms with Gasteiger partial charge in [0.15, 0.2) is 0 Å². The van der Waals surface area contributed by atoms with E-state index in [4.69, 9.17) is 9.47 Å². The van der Waals surface area contributed by atoms with Crippen molar-refractivity contribution in [3.8, 4) is 11.5 Å². The maximum absolute atomic E-state index is 14.8. The van der Waals surface area contributed by atoms with E-state index in [0.717, 1.165) is 41.1 Å². The number of hydrogen-bond donors (Lipinski definition) is 1. The molecule has 11 heteroatoms. The minimum Gasteiger partial charge on any atom is -0.497 e. The van der Waals surface area contributed by atoms with Gasteiger partial charge in [-0.05, 0) is 67.3 Å². The van der Waals surface area contributed by atoms with Gasteiger partial charge in [-0.2, -0.15) is 0 Å². The van der Waals surface area contributed by atoms with Crippen LogP contribution < -0.4 is 19.1 Å². The van der Waals surface area contributed by atoms with Gasteiger partial charge in [-0.25, -0.2) is 12.8 Å². The van der Waals surface area contributed by atoms with Gasteiger partial charge in [0.2, 0.25) is 11.8 Å². The van der Waals surface area contributed by atoms with E-state index in [1.54, 1.807) is 36.4 Å². The summed E-state index contributed by atoms with van der Waals surface area (Å²) in [4.78, 5) is 30.3. The van der Waals surface area contributed by atoms with E-state index in [1.165, 1.54) is 49.5 Å². The predicted octanol–water partition coefficient (Wildman–Crippen LogP) is 6.05. The van der Waals surface area contributed by atoms with Gasteiger partial charge in [0, 0.05) is 25.1 Å². The summed E-state index contributed by atoms with van der Waals surface area (Å²) in [6.45, 7) is 1.12. The lowest BCUT2D eigenvalue weighted by Gasteiger charge is -2.34. The SMILES string of the molecule is COc1ccc(OC)c(N(CC(=O)N(Cc2ccc(F)cc2)[C@H](Cc2ccccc2)C(=O)NC2CCCC2)S(=O)(=O)c2ccc(C)cc2)c1. The fraction of sp³-hybridized carbons (Fsp3) is 0.316. The second-order valence-corrected chi connectivity index (χ2v) is 14.1. The molecule has 258 valence electrons. The van der Waals surface area contributed by atoms with E-state index in [2.05, 4.69) is 5.32 Å². The van der Waals surface area contributed by atoms with Crippen molar-refractivity contribution in [2.75, 3.05) is 25.1 Å². The maximum Gasteiger partial charge on any atom is 0.264 e. The molecule has 2 amide bonds. The van der Waals surface area contributed by atoms with Crippen molar-refractivity contribution < 1.29 is 31.9 Å².